The van der Waals surface area contributed by atoms with Gasteiger partial charge in [-0.1, -0.05) is 30.3 Å². The molecule has 35 heavy (non-hydrogen) atoms. The summed E-state index contributed by atoms with van der Waals surface area (Å²) in [6.45, 7) is 0.695. The van der Waals surface area contributed by atoms with Crippen LogP contribution >= 0.6 is 0 Å². The normalized spacial score (nSPS) is 16.5. The fraction of sp³-hybridized carbons (Fsp3) is 0.269. The molecule has 1 aliphatic rings. The highest BCUT2D eigenvalue weighted by molar-refractivity contribution is 7.89. The van der Waals surface area contributed by atoms with Crippen molar-refractivity contribution < 1.29 is 27.1 Å². The van der Waals surface area contributed by atoms with E-state index in [9.17, 15) is 17.6 Å². The molecule has 7 nitrogen and oxygen atoms in total. The number of nitrogens with one attached hydrogen (secondary N) is 1. The molecular weight excluding hydrogens is 471 g/mol. The molecule has 0 radical (unpaired) electrons. The molecule has 9 heteroatoms. The van der Waals surface area contributed by atoms with Gasteiger partial charge in [0.2, 0.25) is 15.9 Å². The summed E-state index contributed by atoms with van der Waals surface area (Å²) in [6, 6.07) is 20.2. The van der Waals surface area contributed by atoms with E-state index in [1.165, 1.54) is 17.5 Å². The highest BCUT2D eigenvalue weighted by atomic mass is 32.2. The largest absolute Gasteiger partial charge is 0.495 e. The van der Waals surface area contributed by atoms with Crippen LogP contribution in [0.25, 0.3) is 0 Å². The Balaban J connectivity index is 1.38. The predicted molar refractivity (Wildman–Crippen MR) is 130 cm³/mol. The third kappa shape index (κ3) is 5.98. The molecule has 1 amide bonds. The number of benzene rings is 3. The van der Waals surface area contributed by atoms with Gasteiger partial charge in [-0.3, -0.25) is 4.79 Å². The van der Waals surface area contributed by atoms with E-state index in [-0.39, 0.29) is 29.6 Å². The number of sulfonamides is 1. The summed E-state index contributed by atoms with van der Waals surface area (Å²) in [5.74, 6) is -0.744. The summed E-state index contributed by atoms with van der Waals surface area (Å²) in [4.78, 5) is 12.7. The molecule has 0 aromatic heterocycles. The van der Waals surface area contributed by atoms with Crippen molar-refractivity contribution in [1.29, 1.82) is 0 Å². The molecule has 1 saturated heterocycles. The number of hydrogen-bond donors (Lipinski definition) is 1. The van der Waals surface area contributed by atoms with Gasteiger partial charge in [0.25, 0.3) is 0 Å². The van der Waals surface area contributed by atoms with Gasteiger partial charge in [0.15, 0.2) is 0 Å². The number of anilines is 1. The third-order valence-electron chi connectivity index (χ3n) is 5.87. The molecule has 0 unspecified atom stereocenters. The van der Waals surface area contributed by atoms with Crippen molar-refractivity contribution in [2.45, 2.75) is 24.3 Å². The molecule has 1 N–H and O–H groups in total. The Hall–Kier alpha value is -3.43. The molecular formula is C26H27FN2O5S. The van der Waals surface area contributed by atoms with Gasteiger partial charge in [-0.2, -0.15) is 4.31 Å². The summed E-state index contributed by atoms with van der Waals surface area (Å²) >= 11 is 0. The number of piperidine rings is 1. The zero-order valence-corrected chi connectivity index (χ0v) is 20.1. The Morgan fingerprint density at radius 3 is 2.54 bits per heavy atom. The smallest absolute Gasteiger partial charge is 0.246 e. The van der Waals surface area contributed by atoms with E-state index in [0.717, 1.165) is 17.7 Å². The molecule has 0 saturated carbocycles. The molecule has 1 fully saturated rings. The molecule has 184 valence electrons. The first-order chi connectivity index (χ1) is 16.9. The molecule has 0 spiro atoms. The molecule has 3 aromatic rings. The number of amides is 1. The van der Waals surface area contributed by atoms with Crippen LogP contribution in [0.15, 0.2) is 77.7 Å². The van der Waals surface area contributed by atoms with Crippen LogP contribution in [0.5, 0.6) is 11.5 Å². The van der Waals surface area contributed by atoms with E-state index in [4.69, 9.17) is 9.47 Å². The number of hydrogen-bond acceptors (Lipinski definition) is 5. The van der Waals surface area contributed by atoms with E-state index >= 15 is 0 Å². The monoisotopic (exact) mass is 498 g/mol. The second-order valence-corrected chi connectivity index (χ2v) is 10.2. The molecule has 1 heterocycles. The fourth-order valence-corrected chi connectivity index (χ4v) is 5.68. The Kier molecular flexibility index (Phi) is 7.67. The zero-order chi connectivity index (χ0) is 24.8. The van der Waals surface area contributed by atoms with Crippen LogP contribution in [-0.2, 0) is 21.4 Å². The first kappa shape index (κ1) is 24.7. The van der Waals surface area contributed by atoms with Crippen LogP contribution < -0.4 is 14.8 Å². The number of carbonyl (C=O) groups excluding carboxylic acids is 1. The van der Waals surface area contributed by atoms with Crippen molar-refractivity contribution in [2.75, 3.05) is 25.5 Å². The van der Waals surface area contributed by atoms with E-state index in [2.05, 4.69) is 5.32 Å². The summed E-state index contributed by atoms with van der Waals surface area (Å²) in [5, 5.41) is 2.86. The molecule has 1 aliphatic heterocycles. The van der Waals surface area contributed by atoms with E-state index in [1.54, 1.807) is 24.3 Å². The lowest BCUT2D eigenvalue weighted by Gasteiger charge is -2.31. The van der Waals surface area contributed by atoms with Crippen LogP contribution in [0.1, 0.15) is 18.4 Å². The maximum atomic E-state index is 13.8. The number of nitrogens with zero attached hydrogens (tertiary/aromatic N) is 1. The van der Waals surface area contributed by atoms with E-state index in [1.807, 2.05) is 30.3 Å². The topological polar surface area (TPSA) is 84.9 Å². The van der Waals surface area contributed by atoms with Crippen molar-refractivity contribution in [1.82, 2.24) is 4.31 Å². The second kappa shape index (κ2) is 10.9. The van der Waals surface area contributed by atoms with Gasteiger partial charge in [-0.15, -0.1) is 0 Å². The molecule has 0 aliphatic carbocycles. The molecule has 1 atom stereocenters. The van der Waals surface area contributed by atoms with Gasteiger partial charge >= 0.3 is 0 Å². The average molecular weight is 499 g/mol. The highest BCUT2D eigenvalue weighted by Gasteiger charge is 2.35. The van der Waals surface area contributed by atoms with Crippen molar-refractivity contribution >= 4 is 21.6 Å². The van der Waals surface area contributed by atoms with Gasteiger partial charge in [0, 0.05) is 18.8 Å². The summed E-state index contributed by atoms with van der Waals surface area (Å²) in [5.41, 5.74) is 1.64. The van der Waals surface area contributed by atoms with Crippen LogP contribution in [0, 0.1) is 11.7 Å². The van der Waals surface area contributed by atoms with Crippen molar-refractivity contribution in [3.63, 3.8) is 0 Å². The maximum Gasteiger partial charge on any atom is 0.246 e. The number of methoxy groups -OCH3 is 1. The Bertz CT molecular complexity index is 1270. The lowest BCUT2D eigenvalue weighted by molar-refractivity contribution is -0.120. The number of carbonyl (C=O) groups is 1. The molecule has 3 aromatic carbocycles. The van der Waals surface area contributed by atoms with Crippen LogP contribution in [0.2, 0.25) is 0 Å². The average Bonchev–Trinajstić information content (AvgIpc) is 2.89. The Labute approximate surface area is 204 Å². The van der Waals surface area contributed by atoms with Crippen LogP contribution in [-0.4, -0.2) is 38.8 Å². The van der Waals surface area contributed by atoms with Gasteiger partial charge < -0.3 is 14.8 Å². The lowest BCUT2D eigenvalue weighted by Crippen LogP contribution is -2.43. The van der Waals surface area contributed by atoms with E-state index in [0.29, 0.717) is 30.9 Å². The number of halogens is 1. The SMILES string of the molecule is COc1ccc(F)cc1S(=O)(=O)N1CCC[C@H](C(=O)Nc2ccc(OCc3ccccc3)cc2)C1. The fourth-order valence-electron chi connectivity index (χ4n) is 3.99. The third-order valence-corrected chi connectivity index (χ3v) is 7.75. The summed E-state index contributed by atoms with van der Waals surface area (Å²) in [7, 11) is -2.70. The number of ether oxygens (including phenoxy) is 2. The molecule has 0 bridgehead atoms. The van der Waals surface area contributed by atoms with Gasteiger partial charge in [0.1, 0.15) is 28.8 Å². The predicted octanol–water partition coefficient (Wildman–Crippen LogP) is 4.45. The standard InChI is InChI=1S/C26H27FN2O5S/c1-33-24-14-9-21(27)16-25(24)35(31,32)29-15-5-8-20(17-29)26(30)28-22-10-12-23(13-11-22)34-18-19-6-3-2-4-7-19/h2-4,6-7,9-14,16,20H,5,8,15,17-18H2,1H3,(H,28,30)/t20-/m0/s1. The maximum absolute atomic E-state index is 13.8. The lowest BCUT2D eigenvalue weighted by atomic mass is 9.99. The zero-order valence-electron chi connectivity index (χ0n) is 19.3. The molecule has 4 rings (SSSR count). The number of rotatable bonds is 8. The minimum absolute atomic E-state index is 0.00606. The summed E-state index contributed by atoms with van der Waals surface area (Å²) < 4.78 is 52.2. The second-order valence-electron chi connectivity index (χ2n) is 8.29. The van der Waals surface area contributed by atoms with Gasteiger partial charge in [-0.05, 0) is 60.9 Å². The van der Waals surface area contributed by atoms with Gasteiger partial charge in [0.05, 0.1) is 13.0 Å². The van der Waals surface area contributed by atoms with Crippen molar-refractivity contribution in [3.8, 4) is 11.5 Å². The van der Waals surface area contributed by atoms with Crippen LogP contribution in [0.4, 0.5) is 10.1 Å². The first-order valence-electron chi connectivity index (χ1n) is 11.3. The quantitative estimate of drug-likeness (QED) is 0.496. The minimum Gasteiger partial charge on any atom is -0.495 e. The summed E-state index contributed by atoms with van der Waals surface area (Å²) in [6.07, 6.45) is 1.07. The Morgan fingerprint density at radius 2 is 1.83 bits per heavy atom. The first-order valence-corrected chi connectivity index (χ1v) is 12.7. The minimum atomic E-state index is -4.03. The van der Waals surface area contributed by atoms with E-state index < -0.39 is 21.8 Å². The Morgan fingerprint density at radius 1 is 1.09 bits per heavy atom. The van der Waals surface area contributed by atoms with Crippen molar-refractivity contribution in [3.05, 3.63) is 84.2 Å². The highest BCUT2D eigenvalue weighted by Crippen LogP contribution is 2.31. The van der Waals surface area contributed by atoms with Gasteiger partial charge in [-0.25, -0.2) is 12.8 Å². The van der Waals surface area contributed by atoms with Crippen LogP contribution in [0.3, 0.4) is 0 Å². The van der Waals surface area contributed by atoms with Crippen molar-refractivity contribution in [2.24, 2.45) is 5.92 Å².